The van der Waals surface area contributed by atoms with Gasteiger partial charge in [0.25, 0.3) is 5.91 Å². The summed E-state index contributed by atoms with van der Waals surface area (Å²) >= 11 is 0. The molecule has 6 heteroatoms. The Morgan fingerprint density at radius 3 is 2.73 bits per heavy atom. The van der Waals surface area contributed by atoms with Gasteiger partial charge in [-0.2, -0.15) is 0 Å². The zero-order valence-electron chi connectivity index (χ0n) is 14.5. The number of imidazole rings is 1. The van der Waals surface area contributed by atoms with Crippen LogP contribution < -0.4 is 5.32 Å². The first-order valence-electron chi connectivity index (χ1n) is 8.32. The van der Waals surface area contributed by atoms with Crippen LogP contribution in [-0.4, -0.2) is 20.4 Å². The first kappa shape index (κ1) is 16.1. The van der Waals surface area contributed by atoms with E-state index >= 15 is 0 Å². The molecule has 4 aromatic rings. The van der Waals surface area contributed by atoms with Crippen molar-refractivity contribution in [1.29, 1.82) is 0 Å². The molecule has 1 atom stereocenters. The van der Waals surface area contributed by atoms with Gasteiger partial charge < -0.3 is 14.3 Å². The number of hydrogen-bond donors (Lipinski definition) is 1. The molecular weight excluding hydrogens is 328 g/mol. The summed E-state index contributed by atoms with van der Waals surface area (Å²) in [6.45, 7) is 1.90. The number of fused-ring (bicyclic) bond motifs is 1. The normalized spacial score (nSPS) is 12.2. The summed E-state index contributed by atoms with van der Waals surface area (Å²) in [6, 6.07) is 14.7. The van der Waals surface area contributed by atoms with Crippen molar-refractivity contribution in [2.75, 3.05) is 0 Å². The summed E-state index contributed by atoms with van der Waals surface area (Å²) in [5.74, 6) is 0.667. The largest absolute Gasteiger partial charge is 0.449 e. The number of nitrogens with one attached hydrogen (secondary N) is 1. The predicted molar refractivity (Wildman–Crippen MR) is 97.7 cm³/mol. The van der Waals surface area contributed by atoms with Crippen LogP contribution in [0.2, 0.25) is 0 Å². The Morgan fingerprint density at radius 1 is 1.19 bits per heavy atom. The van der Waals surface area contributed by atoms with E-state index in [0.29, 0.717) is 11.1 Å². The number of pyridine rings is 1. The number of carbonyl (C=O) groups excluding carboxylic acids is 1. The van der Waals surface area contributed by atoms with Crippen LogP contribution >= 0.6 is 0 Å². The van der Waals surface area contributed by atoms with Crippen LogP contribution in [0, 0.1) is 6.92 Å². The molecule has 0 radical (unpaired) electrons. The van der Waals surface area contributed by atoms with Gasteiger partial charge in [0, 0.05) is 31.2 Å². The van der Waals surface area contributed by atoms with E-state index in [2.05, 4.69) is 15.3 Å². The minimum atomic E-state index is -0.383. The summed E-state index contributed by atoms with van der Waals surface area (Å²) in [4.78, 5) is 21.6. The molecular formula is C20H18N4O2. The lowest BCUT2D eigenvalue weighted by atomic mass is 10.1. The van der Waals surface area contributed by atoms with Crippen molar-refractivity contribution in [3.63, 3.8) is 0 Å². The number of carbonyl (C=O) groups is 1. The van der Waals surface area contributed by atoms with E-state index in [1.165, 1.54) is 0 Å². The number of furan rings is 1. The molecule has 1 N–H and O–H groups in total. The van der Waals surface area contributed by atoms with Gasteiger partial charge in [-0.15, -0.1) is 0 Å². The fourth-order valence-electron chi connectivity index (χ4n) is 2.94. The number of nitrogens with zero attached hydrogens (tertiary/aromatic N) is 3. The quantitative estimate of drug-likeness (QED) is 0.615. The first-order chi connectivity index (χ1) is 12.6. The van der Waals surface area contributed by atoms with Gasteiger partial charge in [-0.3, -0.25) is 4.79 Å². The number of benzene rings is 1. The van der Waals surface area contributed by atoms with Crippen LogP contribution in [0.4, 0.5) is 0 Å². The molecule has 0 unspecified atom stereocenters. The zero-order chi connectivity index (χ0) is 18.1. The Balaban J connectivity index is 1.68. The van der Waals surface area contributed by atoms with E-state index in [4.69, 9.17) is 4.42 Å². The van der Waals surface area contributed by atoms with E-state index in [1.54, 1.807) is 12.3 Å². The molecule has 0 aliphatic rings. The van der Waals surface area contributed by atoms with Gasteiger partial charge in [0.2, 0.25) is 0 Å². The van der Waals surface area contributed by atoms with E-state index in [0.717, 1.165) is 17.1 Å². The molecule has 6 nitrogen and oxygen atoms in total. The van der Waals surface area contributed by atoms with Crippen LogP contribution in [0.15, 0.2) is 65.3 Å². The lowest BCUT2D eigenvalue weighted by Gasteiger charge is -2.18. The predicted octanol–water partition coefficient (Wildman–Crippen LogP) is 3.39. The van der Waals surface area contributed by atoms with Crippen LogP contribution in [0.1, 0.15) is 33.7 Å². The van der Waals surface area contributed by atoms with E-state index in [-0.39, 0.29) is 17.7 Å². The van der Waals surface area contributed by atoms with Gasteiger partial charge in [-0.1, -0.05) is 30.3 Å². The molecule has 0 fully saturated rings. The summed E-state index contributed by atoms with van der Waals surface area (Å²) in [7, 11) is 1.90. The smallest absolute Gasteiger partial charge is 0.287 e. The molecule has 0 aliphatic carbocycles. The number of aryl methyl sites for hydroxylation is 2. The number of rotatable bonds is 4. The lowest BCUT2D eigenvalue weighted by molar-refractivity contribution is 0.0915. The average molecular weight is 346 g/mol. The van der Waals surface area contributed by atoms with E-state index in [9.17, 15) is 4.79 Å². The molecule has 4 rings (SSSR count). The number of amides is 1. The summed E-state index contributed by atoms with van der Waals surface area (Å²) in [5.41, 5.74) is 3.08. The second kappa shape index (κ2) is 6.48. The summed E-state index contributed by atoms with van der Waals surface area (Å²) < 4.78 is 7.56. The molecule has 0 saturated carbocycles. The maximum atomic E-state index is 12.8. The molecule has 0 bridgehead atoms. The van der Waals surface area contributed by atoms with Crippen molar-refractivity contribution in [3.05, 3.63) is 83.8 Å². The highest BCUT2D eigenvalue weighted by Gasteiger charge is 2.23. The van der Waals surface area contributed by atoms with Crippen molar-refractivity contribution in [2.45, 2.75) is 13.0 Å². The zero-order valence-corrected chi connectivity index (χ0v) is 14.5. The lowest BCUT2D eigenvalue weighted by Crippen LogP contribution is -2.30. The van der Waals surface area contributed by atoms with Crippen LogP contribution in [0.3, 0.4) is 0 Å². The Hall–Kier alpha value is -3.41. The van der Waals surface area contributed by atoms with Gasteiger partial charge in [-0.25, -0.2) is 9.97 Å². The third kappa shape index (κ3) is 2.97. The van der Waals surface area contributed by atoms with Crippen LogP contribution in [0.5, 0.6) is 0 Å². The van der Waals surface area contributed by atoms with E-state index in [1.807, 2.05) is 67.2 Å². The van der Waals surface area contributed by atoms with Gasteiger partial charge in [0.15, 0.2) is 11.3 Å². The van der Waals surface area contributed by atoms with Gasteiger partial charge >= 0.3 is 0 Å². The molecule has 0 aliphatic heterocycles. The van der Waals surface area contributed by atoms with Gasteiger partial charge in [0.1, 0.15) is 17.4 Å². The van der Waals surface area contributed by atoms with Gasteiger partial charge in [0.05, 0.1) is 0 Å². The monoisotopic (exact) mass is 346 g/mol. The summed E-state index contributed by atoms with van der Waals surface area (Å²) in [6.07, 6.45) is 3.57. The van der Waals surface area contributed by atoms with Crippen molar-refractivity contribution in [2.24, 2.45) is 7.05 Å². The highest BCUT2D eigenvalue weighted by Crippen LogP contribution is 2.23. The molecule has 0 spiro atoms. The Morgan fingerprint density at radius 2 is 2.00 bits per heavy atom. The first-order valence-corrected chi connectivity index (χ1v) is 8.32. The van der Waals surface area contributed by atoms with Crippen molar-refractivity contribution >= 4 is 17.0 Å². The topological polar surface area (TPSA) is 73.0 Å². The summed E-state index contributed by atoms with van der Waals surface area (Å²) in [5, 5.41) is 3.02. The second-order valence-corrected chi connectivity index (χ2v) is 6.16. The maximum Gasteiger partial charge on any atom is 0.287 e. The maximum absolute atomic E-state index is 12.8. The fourth-order valence-corrected chi connectivity index (χ4v) is 2.94. The molecule has 3 heterocycles. The average Bonchev–Trinajstić information content (AvgIpc) is 3.26. The minimum Gasteiger partial charge on any atom is -0.449 e. The molecule has 26 heavy (non-hydrogen) atoms. The Bertz CT molecular complexity index is 1070. The molecule has 1 aromatic carbocycles. The third-order valence-electron chi connectivity index (χ3n) is 4.26. The van der Waals surface area contributed by atoms with Crippen LogP contribution in [-0.2, 0) is 7.05 Å². The molecule has 3 aromatic heterocycles. The van der Waals surface area contributed by atoms with Crippen molar-refractivity contribution in [1.82, 2.24) is 19.9 Å². The molecule has 0 saturated heterocycles. The van der Waals surface area contributed by atoms with E-state index < -0.39 is 0 Å². The standard InChI is InChI=1S/C20H18N4O2/c1-13-8-9-16-15(22-13)12-17(26-16)20(25)23-18(14-6-4-3-5-7-14)19-21-10-11-24(19)2/h3-12,18H,1-2H3,(H,23,25)/t18-/m1/s1. The molecule has 130 valence electrons. The highest BCUT2D eigenvalue weighted by atomic mass is 16.3. The highest BCUT2D eigenvalue weighted by molar-refractivity contribution is 5.95. The minimum absolute atomic E-state index is 0.230. The SMILES string of the molecule is Cc1ccc2oc(C(=O)N[C@H](c3ccccc3)c3nccn3C)cc2n1. The Labute approximate surface area is 150 Å². The fraction of sp³-hybridized carbons (Fsp3) is 0.150. The second-order valence-electron chi connectivity index (χ2n) is 6.16. The van der Waals surface area contributed by atoms with Crippen molar-refractivity contribution < 1.29 is 9.21 Å². The molecule has 1 amide bonds. The number of aromatic nitrogens is 3. The van der Waals surface area contributed by atoms with Gasteiger partial charge in [-0.05, 0) is 24.6 Å². The van der Waals surface area contributed by atoms with Crippen molar-refractivity contribution in [3.8, 4) is 0 Å². The number of hydrogen-bond acceptors (Lipinski definition) is 4. The Kier molecular flexibility index (Phi) is 4.01. The van der Waals surface area contributed by atoms with Crippen LogP contribution in [0.25, 0.3) is 11.1 Å². The third-order valence-corrected chi connectivity index (χ3v) is 4.26.